The molecule has 0 unspecified atom stereocenters. The molecule has 190 valence electrons. The van der Waals surface area contributed by atoms with Gasteiger partial charge in [-0.2, -0.15) is 0 Å². The first kappa shape index (κ1) is 25.9. The van der Waals surface area contributed by atoms with Gasteiger partial charge in [-0.25, -0.2) is 12.8 Å². The third kappa shape index (κ3) is 6.34. The fourth-order valence-electron chi connectivity index (χ4n) is 4.07. The van der Waals surface area contributed by atoms with E-state index < -0.39 is 15.8 Å². The van der Waals surface area contributed by atoms with E-state index in [4.69, 9.17) is 4.74 Å². The first-order valence-corrected chi connectivity index (χ1v) is 13.4. The predicted molar refractivity (Wildman–Crippen MR) is 143 cm³/mol. The molecule has 0 spiro atoms. The van der Waals surface area contributed by atoms with E-state index in [1.807, 2.05) is 60.7 Å². The third-order valence-corrected chi connectivity index (χ3v) is 7.05. The molecule has 0 aliphatic rings. The quantitative estimate of drug-likeness (QED) is 0.325. The Morgan fingerprint density at radius 3 is 1.97 bits per heavy atom. The van der Waals surface area contributed by atoms with Crippen LogP contribution in [-0.2, 0) is 16.6 Å². The van der Waals surface area contributed by atoms with Gasteiger partial charge in [0.2, 0.25) is 10.0 Å². The van der Waals surface area contributed by atoms with Gasteiger partial charge in [-0.1, -0.05) is 60.7 Å². The molecule has 0 saturated carbocycles. The van der Waals surface area contributed by atoms with E-state index in [1.165, 1.54) is 31.4 Å². The van der Waals surface area contributed by atoms with Crippen molar-refractivity contribution in [3.05, 3.63) is 131 Å². The maximum Gasteiger partial charge on any atom is 0.252 e. The fraction of sp³-hybridized carbons (Fsp3) is 0.138. The van der Waals surface area contributed by atoms with Crippen molar-refractivity contribution in [1.29, 1.82) is 0 Å². The lowest BCUT2D eigenvalue weighted by molar-refractivity contribution is 0.0943. The topological polar surface area (TPSA) is 75.7 Å². The highest BCUT2D eigenvalue weighted by molar-refractivity contribution is 7.92. The first-order chi connectivity index (χ1) is 17.8. The minimum absolute atomic E-state index is 0.102. The Balaban J connectivity index is 1.67. The Kier molecular flexibility index (Phi) is 7.89. The number of ether oxygens (including phenoxy) is 1. The van der Waals surface area contributed by atoms with Crippen LogP contribution in [0.3, 0.4) is 0 Å². The van der Waals surface area contributed by atoms with E-state index in [9.17, 15) is 17.6 Å². The number of hydrogen-bond donors (Lipinski definition) is 1. The molecule has 0 bridgehead atoms. The molecule has 0 saturated heterocycles. The van der Waals surface area contributed by atoms with Gasteiger partial charge in [0, 0.05) is 11.1 Å². The maximum absolute atomic E-state index is 13.5. The fourth-order valence-corrected chi connectivity index (χ4v) is 4.95. The minimum atomic E-state index is -3.72. The molecule has 0 fully saturated rings. The van der Waals surface area contributed by atoms with E-state index in [0.29, 0.717) is 22.6 Å². The van der Waals surface area contributed by atoms with Crippen LogP contribution in [0.15, 0.2) is 103 Å². The third-order valence-electron chi connectivity index (χ3n) is 5.91. The smallest absolute Gasteiger partial charge is 0.252 e. The predicted octanol–water partition coefficient (Wildman–Crippen LogP) is 5.32. The highest BCUT2D eigenvalue weighted by atomic mass is 32.2. The van der Waals surface area contributed by atoms with Crippen molar-refractivity contribution < 1.29 is 22.3 Å². The zero-order chi connectivity index (χ0) is 26.4. The Labute approximate surface area is 216 Å². The molecule has 6 nitrogen and oxygen atoms in total. The average Bonchev–Trinajstić information content (AvgIpc) is 2.91. The Morgan fingerprint density at radius 2 is 1.46 bits per heavy atom. The summed E-state index contributed by atoms with van der Waals surface area (Å²) < 4.78 is 45.3. The molecule has 0 aliphatic carbocycles. The Hall–Kier alpha value is -4.17. The molecule has 4 aromatic carbocycles. The molecule has 1 amide bonds. The lowest BCUT2D eigenvalue weighted by atomic mass is 9.98. The molecule has 0 aromatic heterocycles. The normalized spacial score (nSPS) is 11.2. The second-order valence-corrected chi connectivity index (χ2v) is 10.4. The van der Waals surface area contributed by atoms with Gasteiger partial charge in [0.25, 0.3) is 5.91 Å². The van der Waals surface area contributed by atoms with Crippen LogP contribution in [0.5, 0.6) is 5.75 Å². The number of nitrogens with zero attached hydrogens (tertiary/aromatic N) is 1. The number of halogens is 1. The van der Waals surface area contributed by atoms with Crippen LogP contribution >= 0.6 is 0 Å². The van der Waals surface area contributed by atoms with Crippen molar-refractivity contribution in [2.24, 2.45) is 0 Å². The van der Waals surface area contributed by atoms with E-state index in [-0.39, 0.29) is 18.5 Å². The zero-order valence-electron chi connectivity index (χ0n) is 20.5. The number of amides is 1. The van der Waals surface area contributed by atoms with E-state index in [1.54, 1.807) is 18.2 Å². The van der Waals surface area contributed by atoms with Gasteiger partial charge in [0.05, 0.1) is 31.6 Å². The van der Waals surface area contributed by atoms with Gasteiger partial charge in [0.15, 0.2) is 0 Å². The summed E-state index contributed by atoms with van der Waals surface area (Å²) in [4.78, 5) is 13.4. The number of hydrogen-bond acceptors (Lipinski definition) is 4. The maximum atomic E-state index is 13.5. The van der Waals surface area contributed by atoms with Crippen molar-refractivity contribution in [1.82, 2.24) is 5.32 Å². The number of rotatable bonds is 9. The summed E-state index contributed by atoms with van der Waals surface area (Å²) in [7, 11) is -2.25. The number of anilines is 1. The number of methoxy groups -OCH3 is 1. The van der Waals surface area contributed by atoms with Gasteiger partial charge in [-0.05, 0) is 53.6 Å². The minimum Gasteiger partial charge on any atom is -0.496 e. The molecule has 4 aromatic rings. The van der Waals surface area contributed by atoms with Gasteiger partial charge in [0.1, 0.15) is 11.6 Å². The molecule has 37 heavy (non-hydrogen) atoms. The molecule has 8 heteroatoms. The summed E-state index contributed by atoms with van der Waals surface area (Å²) >= 11 is 0. The number of carbonyl (C=O) groups is 1. The van der Waals surface area contributed by atoms with Gasteiger partial charge in [-0.15, -0.1) is 0 Å². The highest BCUT2D eigenvalue weighted by Crippen LogP contribution is 2.28. The van der Waals surface area contributed by atoms with E-state index in [0.717, 1.165) is 21.7 Å². The summed E-state index contributed by atoms with van der Waals surface area (Å²) in [5, 5.41) is 3.10. The molecule has 4 rings (SSSR count). The van der Waals surface area contributed by atoms with Gasteiger partial charge in [-0.3, -0.25) is 9.10 Å². The monoisotopic (exact) mass is 518 g/mol. The lowest BCUT2D eigenvalue weighted by Crippen LogP contribution is -2.31. The van der Waals surface area contributed by atoms with Crippen molar-refractivity contribution >= 4 is 21.6 Å². The van der Waals surface area contributed by atoms with Crippen LogP contribution in [0, 0.1) is 5.82 Å². The first-order valence-electron chi connectivity index (χ1n) is 11.6. The number of nitrogens with one attached hydrogen (secondary N) is 1. The summed E-state index contributed by atoms with van der Waals surface area (Å²) in [6.07, 6.45) is 1.07. The highest BCUT2D eigenvalue weighted by Gasteiger charge is 2.22. The number of carbonyl (C=O) groups excluding carboxylic acids is 1. The van der Waals surface area contributed by atoms with Gasteiger partial charge < -0.3 is 10.1 Å². The second-order valence-electron chi connectivity index (χ2n) is 8.50. The largest absolute Gasteiger partial charge is 0.496 e. The lowest BCUT2D eigenvalue weighted by Gasteiger charge is -2.24. The van der Waals surface area contributed by atoms with Gasteiger partial charge >= 0.3 is 0 Å². The molecule has 0 radical (unpaired) electrons. The molecule has 0 aliphatic heterocycles. The Morgan fingerprint density at radius 1 is 0.892 bits per heavy atom. The van der Waals surface area contributed by atoms with Crippen molar-refractivity contribution in [2.45, 2.75) is 12.6 Å². The second kappa shape index (κ2) is 11.3. The van der Waals surface area contributed by atoms with Crippen molar-refractivity contribution in [2.75, 3.05) is 17.7 Å². The zero-order valence-corrected chi connectivity index (χ0v) is 21.3. The average molecular weight is 519 g/mol. The molecular weight excluding hydrogens is 491 g/mol. The summed E-state index contributed by atoms with van der Waals surface area (Å²) in [6.45, 7) is -0.102. The molecule has 1 N–H and O–H groups in total. The van der Waals surface area contributed by atoms with Crippen LogP contribution in [-0.4, -0.2) is 27.7 Å². The molecular formula is C29H27FN2O4S. The van der Waals surface area contributed by atoms with Crippen LogP contribution in [0.1, 0.15) is 33.1 Å². The molecule has 0 heterocycles. The van der Waals surface area contributed by atoms with E-state index in [2.05, 4.69) is 5.32 Å². The standard InChI is InChI=1S/C29H27FN2O4S/c1-36-27-18-13-23(19-24(27)20-32(37(2,34)35)26-16-14-25(30)15-17-26)29(33)31-28(21-9-5-3-6-10-21)22-11-7-4-8-12-22/h3-19,28H,20H2,1-2H3,(H,31,33). The molecule has 0 atom stereocenters. The van der Waals surface area contributed by atoms with Crippen molar-refractivity contribution in [3.8, 4) is 5.75 Å². The summed E-state index contributed by atoms with van der Waals surface area (Å²) in [5.41, 5.74) is 2.99. The Bertz CT molecular complexity index is 1420. The number of sulfonamides is 1. The van der Waals surface area contributed by atoms with Crippen LogP contribution in [0.4, 0.5) is 10.1 Å². The number of benzene rings is 4. The van der Waals surface area contributed by atoms with Crippen LogP contribution < -0.4 is 14.4 Å². The van der Waals surface area contributed by atoms with E-state index >= 15 is 0 Å². The van der Waals surface area contributed by atoms with Crippen LogP contribution in [0.25, 0.3) is 0 Å². The summed E-state index contributed by atoms with van der Waals surface area (Å²) in [6, 6.07) is 29.0. The van der Waals surface area contributed by atoms with Crippen molar-refractivity contribution in [3.63, 3.8) is 0 Å². The SMILES string of the molecule is COc1ccc(C(=O)NC(c2ccccc2)c2ccccc2)cc1CN(c1ccc(F)cc1)S(C)(=O)=O. The summed E-state index contributed by atoms with van der Waals surface area (Å²) in [5.74, 6) is -0.371. The van der Waals surface area contributed by atoms with Crippen LogP contribution in [0.2, 0.25) is 0 Å².